The van der Waals surface area contributed by atoms with Crippen LogP contribution in [0.25, 0.3) is 6.08 Å². The first-order valence-electron chi connectivity index (χ1n) is 10.1. The van der Waals surface area contributed by atoms with Gasteiger partial charge in [-0.25, -0.2) is 4.99 Å². The molecule has 0 bridgehead atoms. The molecule has 168 valence electrons. The van der Waals surface area contributed by atoms with E-state index >= 15 is 0 Å². The number of rotatable bonds is 2. The van der Waals surface area contributed by atoms with Crippen LogP contribution in [0.3, 0.4) is 0 Å². The second kappa shape index (κ2) is 6.62. The molecule has 0 amide bonds. The van der Waals surface area contributed by atoms with Crippen LogP contribution in [0, 0.1) is 5.92 Å². The van der Waals surface area contributed by atoms with Crippen molar-refractivity contribution in [3.63, 3.8) is 0 Å². The lowest BCUT2D eigenvalue weighted by atomic mass is 9.97. The molecule has 3 heterocycles. The minimum absolute atomic E-state index is 0.0895. The molecule has 2 aromatic carbocycles. The molecule has 1 aliphatic carbocycles. The molecule has 4 unspecified atom stereocenters. The Bertz CT molecular complexity index is 1560. The van der Waals surface area contributed by atoms with Crippen LogP contribution in [-0.4, -0.2) is 33.9 Å². The third kappa shape index (κ3) is 2.48. The number of ether oxygens (including phenoxy) is 2. The first-order chi connectivity index (χ1) is 15.7. The van der Waals surface area contributed by atoms with Gasteiger partial charge >= 0.3 is 5.97 Å². The van der Waals surface area contributed by atoms with Crippen molar-refractivity contribution in [3.05, 3.63) is 77.3 Å². The molecule has 3 aromatic rings. The van der Waals surface area contributed by atoms with Crippen LogP contribution in [0.5, 0.6) is 11.5 Å². The smallest absolute Gasteiger partial charge is 0.315 e. The van der Waals surface area contributed by atoms with Gasteiger partial charge in [-0.3, -0.25) is 14.2 Å². The normalized spacial score (nSPS) is 28.7. The number of nitrogens with zero attached hydrogens (tertiary/aromatic N) is 2. The quantitative estimate of drug-likeness (QED) is 0.544. The number of aromatic nitrogens is 1. The summed E-state index contributed by atoms with van der Waals surface area (Å²) >= 11 is 13.3. The Labute approximate surface area is 201 Å². The summed E-state index contributed by atoms with van der Waals surface area (Å²) < 4.78 is 13.3. The summed E-state index contributed by atoms with van der Waals surface area (Å²) in [7, 11) is 1.33. The molecule has 4 atom stereocenters. The number of aromatic hydroxyl groups is 1. The zero-order chi connectivity index (χ0) is 23.3. The minimum Gasteiger partial charge on any atom is -0.506 e. The number of para-hydroxylation sites is 1. The molecule has 0 radical (unpaired) electrons. The van der Waals surface area contributed by atoms with Crippen molar-refractivity contribution >= 4 is 46.6 Å². The van der Waals surface area contributed by atoms with Crippen LogP contribution < -0.4 is 19.6 Å². The molecule has 1 aromatic heterocycles. The fourth-order valence-corrected chi connectivity index (χ4v) is 6.90. The van der Waals surface area contributed by atoms with Crippen LogP contribution in [-0.2, 0) is 9.53 Å². The standard InChI is InChI=1S/C23H16Cl2N2O5S/c1-22-17(20(30)31-2)23(22)18(12-5-3-4-6-14(12)32-23)27-19(29)15(33-21(27)26-22)8-10-7-11(24)9-13(25)16(10)28/h3-9,17-18,28H,1-2H3. The van der Waals surface area contributed by atoms with Crippen LogP contribution in [0.2, 0.25) is 10.0 Å². The number of phenolic OH excluding ortho intramolecular Hbond substituents is 1. The van der Waals surface area contributed by atoms with Gasteiger partial charge in [0.2, 0.25) is 0 Å². The molecule has 33 heavy (non-hydrogen) atoms. The zero-order valence-electron chi connectivity index (χ0n) is 17.3. The molecule has 10 heteroatoms. The average molecular weight is 503 g/mol. The Kier molecular flexibility index (Phi) is 4.17. The maximum Gasteiger partial charge on any atom is 0.315 e. The van der Waals surface area contributed by atoms with Gasteiger partial charge in [0.25, 0.3) is 5.56 Å². The molecule has 2 aliphatic heterocycles. The molecule has 0 saturated heterocycles. The fraction of sp³-hybridized carbons (Fsp3) is 0.261. The summed E-state index contributed by atoms with van der Waals surface area (Å²) in [6.07, 6.45) is 1.54. The largest absolute Gasteiger partial charge is 0.506 e. The van der Waals surface area contributed by atoms with E-state index in [9.17, 15) is 14.7 Å². The van der Waals surface area contributed by atoms with Gasteiger partial charge in [-0.2, -0.15) is 0 Å². The van der Waals surface area contributed by atoms with Gasteiger partial charge in [0, 0.05) is 16.1 Å². The van der Waals surface area contributed by atoms with Crippen molar-refractivity contribution in [2.75, 3.05) is 7.11 Å². The van der Waals surface area contributed by atoms with E-state index in [1.54, 1.807) is 10.6 Å². The maximum absolute atomic E-state index is 13.6. The van der Waals surface area contributed by atoms with Gasteiger partial charge in [-0.15, -0.1) is 0 Å². The lowest BCUT2D eigenvalue weighted by molar-refractivity contribution is -0.144. The molecule has 1 N–H and O–H groups in total. The number of fused-ring (bicyclic) bond motifs is 4. The van der Waals surface area contributed by atoms with Gasteiger partial charge in [-0.05, 0) is 31.2 Å². The van der Waals surface area contributed by atoms with E-state index in [4.69, 9.17) is 37.7 Å². The SMILES string of the molecule is COC(=O)C1C2(C)N=c3sc(=Cc4cc(Cl)cc(Cl)c4O)c(=O)n3C3c4ccccc4OC312. The first kappa shape index (κ1) is 20.8. The van der Waals surface area contributed by atoms with E-state index in [2.05, 4.69) is 0 Å². The fourth-order valence-electron chi connectivity index (χ4n) is 5.30. The highest BCUT2D eigenvalue weighted by atomic mass is 35.5. The van der Waals surface area contributed by atoms with Gasteiger partial charge in [0.05, 0.1) is 16.7 Å². The molecular formula is C23H16Cl2N2O5S. The Morgan fingerprint density at radius 1 is 1.33 bits per heavy atom. The lowest BCUT2D eigenvalue weighted by Gasteiger charge is -2.26. The number of halogens is 2. The van der Waals surface area contributed by atoms with E-state index in [-0.39, 0.29) is 16.3 Å². The van der Waals surface area contributed by atoms with Crippen molar-refractivity contribution < 1.29 is 19.4 Å². The van der Waals surface area contributed by atoms with E-state index in [1.165, 1.54) is 30.6 Å². The Balaban J connectivity index is 1.63. The highest BCUT2D eigenvalue weighted by Gasteiger charge is 2.88. The second-order valence-corrected chi connectivity index (χ2v) is 10.3. The van der Waals surface area contributed by atoms with Crippen molar-refractivity contribution in [2.45, 2.75) is 24.1 Å². The number of phenols is 1. The molecule has 1 fully saturated rings. The highest BCUT2D eigenvalue weighted by molar-refractivity contribution is 7.07. The highest BCUT2D eigenvalue weighted by Crippen LogP contribution is 2.70. The topological polar surface area (TPSA) is 90.1 Å². The summed E-state index contributed by atoms with van der Waals surface area (Å²) in [4.78, 5) is 31.6. The van der Waals surface area contributed by atoms with Crippen molar-refractivity contribution in [1.29, 1.82) is 0 Å². The van der Waals surface area contributed by atoms with Crippen molar-refractivity contribution in [1.82, 2.24) is 4.57 Å². The number of benzene rings is 2. The second-order valence-electron chi connectivity index (χ2n) is 8.44. The predicted molar refractivity (Wildman–Crippen MR) is 123 cm³/mol. The van der Waals surface area contributed by atoms with Crippen LogP contribution in [0.4, 0.5) is 0 Å². The number of esters is 1. The van der Waals surface area contributed by atoms with Gasteiger partial charge < -0.3 is 14.6 Å². The van der Waals surface area contributed by atoms with Crippen LogP contribution in [0.1, 0.15) is 24.1 Å². The van der Waals surface area contributed by atoms with Gasteiger partial charge in [0.1, 0.15) is 29.0 Å². The molecule has 3 aliphatic rings. The van der Waals surface area contributed by atoms with Gasteiger partial charge in [-0.1, -0.05) is 52.7 Å². The van der Waals surface area contributed by atoms with Crippen LogP contribution in [0.15, 0.2) is 46.2 Å². The molecular weight excluding hydrogens is 487 g/mol. The lowest BCUT2D eigenvalue weighted by Crippen LogP contribution is -2.47. The molecule has 1 spiro atoms. The number of carbonyl (C=O) groups excluding carboxylic acids is 1. The Hall–Kier alpha value is -2.81. The zero-order valence-corrected chi connectivity index (χ0v) is 19.7. The number of hydrogen-bond donors (Lipinski definition) is 1. The number of thiazole rings is 1. The molecule has 6 rings (SSSR count). The van der Waals surface area contributed by atoms with E-state index in [0.29, 0.717) is 25.7 Å². The number of methoxy groups -OCH3 is 1. The summed E-state index contributed by atoms with van der Waals surface area (Å²) in [5.41, 5.74) is -1.10. The van der Waals surface area contributed by atoms with Crippen LogP contribution >= 0.6 is 34.5 Å². The van der Waals surface area contributed by atoms with E-state index in [1.807, 2.05) is 31.2 Å². The van der Waals surface area contributed by atoms with Gasteiger partial charge in [0.15, 0.2) is 10.4 Å². The maximum atomic E-state index is 13.6. The molecule has 1 saturated carbocycles. The van der Waals surface area contributed by atoms with Crippen molar-refractivity contribution in [3.8, 4) is 11.5 Å². The van der Waals surface area contributed by atoms with E-state index in [0.717, 1.165) is 5.56 Å². The third-order valence-corrected chi connectivity index (χ3v) is 8.29. The average Bonchev–Trinajstić information content (AvgIpc) is 2.99. The van der Waals surface area contributed by atoms with E-state index < -0.39 is 29.1 Å². The minimum atomic E-state index is -1.04. The summed E-state index contributed by atoms with van der Waals surface area (Å²) in [6, 6.07) is 9.85. The Morgan fingerprint density at radius 2 is 2.09 bits per heavy atom. The number of hydrogen-bond acceptors (Lipinski definition) is 7. The first-order valence-corrected chi connectivity index (χ1v) is 11.7. The Morgan fingerprint density at radius 3 is 2.85 bits per heavy atom. The summed E-state index contributed by atoms with van der Waals surface area (Å²) in [5.74, 6) is -0.624. The molecule has 7 nitrogen and oxygen atoms in total. The summed E-state index contributed by atoms with van der Waals surface area (Å²) in [5, 5.41) is 10.8. The predicted octanol–water partition coefficient (Wildman–Crippen LogP) is 2.67. The van der Waals surface area contributed by atoms with Crippen molar-refractivity contribution in [2.24, 2.45) is 10.9 Å². The third-order valence-electron chi connectivity index (χ3n) is 6.80. The summed E-state index contributed by atoms with van der Waals surface area (Å²) in [6.45, 7) is 1.85. The number of carbonyl (C=O) groups is 1. The monoisotopic (exact) mass is 502 g/mol.